The minimum Gasteiger partial charge on any atom is -0.435 e. The van der Waals surface area contributed by atoms with Crippen LogP contribution in [0, 0.1) is 0 Å². The molecule has 3 radical (unpaired) electrons. The van der Waals surface area contributed by atoms with Crippen LogP contribution in [-0.4, -0.2) is 55.3 Å². The summed E-state index contributed by atoms with van der Waals surface area (Å²) in [6.07, 6.45) is -0.964. The minimum atomic E-state index is -0.596. The molecule has 0 saturated carbocycles. The molecule has 14 heavy (non-hydrogen) atoms. The van der Waals surface area contributed by atoms with E-state index in [0.717, 1.165) is 0 Å². The molecule has 0 aromatic heterocycles. The van der Waals surface area contributed by atoms with Gasteiger partial charge in [0.25, 0.3) is 0 Å². The number of carbonyl (C=O) groups excluding carboxylic acids is 1. The monoisotopic (exact) mass is 329 g/mol. The van der Waals surface area contributed by atoms with E-state index in [4.69, 9.17) is 14.2 Å². The van der Waals surface area contributed by atoms with E-state index in [1.165, 1.54) is 0 Å². The molecule has 0 rings (SSSR count). The van der Waals surface area contributed by atoms with Gasteiger partial charge in [-0.3, -0.25) is 4.79 Å². The maximum absolute atomic E-state index is 10.7. The molecule has 0 bridgehead atoms. The summed E-state index contributed by atoms with van der Waals surface area (Å²) in [4.78, 5) is 10.7. The van der Waals surface area contributed by atoms with Crippen LogP contribution in [0.5, 0.6) is 0 Å². The van der Waals surface area contributed by atoms with Crippen molar-refractivity contribution in [2.75, 3.05) is 12.4 Å². The van der Waals surface area contributed by atoms with Crippen LogP contribution < -0.4 is 0 Å². The second-order valence-corrected chi connectivity index (χ2v) is 2.69. The van der Waals surface area contributed by atoms with Crippen molar-refractivity contribution in [2.45, 2.75) is 33.4 Å². The van der Waals surface area contributed by atoms with Gasteiger partial charge in [-0.15, -0.1) is 0 Å². The van der Waals surface area contributed by atoms with Gasteiger partial charge in [-0.2, -0.15) is 12.6 Å². The summed E-state index contributed by atoms with van der Waals surface area (Å²) in [6.45, 7) is 5.81. The van der Waals surface area contributed by atoms with Crippen molar-refractivity contribution in [3.63, 3.8) is 0 Å². The molecule has 0 fully saturated rings. The van der Waals surface area contributed by atoms with Crippen molar-refractivity contribution in [3.05, 3.63) is 0 Å². The van der Waals surface area contributed by atoms with Gasteiger partial charge in [0, 0.05) is 31.0 Å². The van der Waals surface area contributed by atoms with Gasteiger partial charge in [0.15, 0.2) is 6.29 Å². The van der Waals surface area contributed by atoms with Gasteiger partial charge in [0.2, 0.25) is 6.29 Å². The quantitative estimate of drug-likeness (QED) is 0.339. The molecule has 0 aromatic carbocycles. The Morgan fingerprint density at radius 2 is 1.93 bits per heavy atom. The third-order valence-electron chi connectivity index (χ3n) is 1.21. The second-order valence-electron chi connectivity index (χ2n) is 2.37. The number of ether oxygens (including phenoxy) is 3. The van der Waals surface area contributed by atoms with Crippen molar-refractivity contribution >= 4 is 43.0 Å². The summed E-state index contributed by atoms with van der Waals surface area (Å²) < 4.78 is 15.1. The van der Waals surface area contributed by atoms with E-state index in [2.05, 4.69) is 12.6 Å². The van der Waals surface area contributed by atoms with Crippen LogP contribution in [0.25, 0.3) is 0 Å². The van der Waals surface area contributed by atoms with Gasteiger partial charge in [0.1, 0.15) is 0 Å². The van der Waals surface area contributed by atoms with Crippen molar-refractivity contribution in [1.82, 2.24) is 0 Å². The summed E-state index contributed by atoms with van der Waals surface area (Å²) >= 11 is 3.76. The zero-order valence-electron chi connectivity index (χ0n) is 8.60. The van der Waals surface area contributed by atoms with Crippen LogP contribution in [0.2, 0.25) is 0 Å². The Kier molecular flexibility index (Phi) is 12.2. The first kappa shape index (κ1) is 17.0. The average Bonchev–Trinajstić information content (AvgIpc) is 2.04. The zero-order valence-corrected chi connectivity index (χ0v) is 12.0. The molecule has 2 atom stereocenters. The fourth-order valence-corrected chi connectivity index (χ4v) is 0.869. The second kappa shape index (κ2) is 10.1. The Hall–Kier alpha value is 0.558. The van der Waals surface area contributed by atoms with E-state index >= 15 is 0 Å². The van der Waals surface area contributed by atoms with Gasteiger partial charge in [0.05, 0.1) is 5.75 Å². The first-order valence-electron chi connectivity index (χ1n) is 4.17. The van der Waals surface area contributed by atoms with Gasteiger partial charge in [-0.05, 0) is 20.8 Å². The van der Waals surface area contributed by atoms with Crippen LogP contribution >= 0.6 is 12.6 Å². The predicted molar refractivity (Wildman–Crippen MR) is 57.3 cm³/mol. The molecule has 0 heterocycles. The first-order chi connectivity index (χ1) is 6.10. The van der Waals surface area contributed by atoms with Crippen molar-refractivity contribution < 1.29 is 19.0 Å². The molecule has 6 heteroatoms. The van der Waals surface area contributed by atoms with E-state index in [0.29, 0.717) is 6.61 Å². The van der Waals surface area contributed by atoms with Gasteiger partial charge in [-0.1, -0.05) is 0 Å². The Balaban J connectivity index is 0. The minimum absolute atomic E-state index is 0. The topological polar surface area (TPSA) is 44.8 Å². The molecular weight excluding hydrogens is 314 g/mol. The van der Waals surface area contributed by atoms with E-state index in [1.807, 2.05) is 6.92 Å². The number of esters is 1. The molecular formula is C8H16O4SSb. The number of carbonyl (C=O) groups is 1. The molecule has 0 aromatic rings. The molecule has 0 aliphatic rings. The summed E-state index contributed by atoms with van der Waals surface area (Å²) in [5.74, 6) is -0.351. The zero-order chi connectivity index (χ0) is 10.3. The molecule has 0 saturated heterocycles. The SMILES string of the molecule is CCOC(C)OC(C)OC(=O)CS.[Sb]. The fourth-order valence-electron chi connectivity index (χ4n) is 0.794. The molecule has 0 amide bonds. The largest absolute Gasteiger partial charge is 0.435 e. The van der Waals surface area contributed by atoms with Crippen LogP contribution in [0.4, 0.5) is 0 Å². The van der Waals surface area contributed by atoms with E-state index in [-0.39, 0.29) is 36.5 Å². The number of rotatable bonds is 6. The van der Waals surface area contributed by atoms with Crippen molar-refractivity contribution in [1.29, 1.82) is 0 Å². The number of hydrogen-bond donors (Lipinski definition) is 1. The fraction of sp³-hybridized carbons (Fsp3) is 0.875. The number of hydrogen-bond acceptors (Lipinski definition) is 5. The standard InChI is InChI=1S/C8H16O4S.Sb/c1-4-10-6(2)11-7(3)12-8(9)5-13;/h6-7,13H,4-5H2,1-3H3;. The van der Waals surface area contributed by atoms with E-state index in [1.54, 1.807) is 13.8 Å². The third-order valence-corrected chi connectivity index (χ3v) is 1.47. The molecule has 0 aliphatic carbocycles. The first-order valence-corrected chi connectivity index (χ1v) is 4.80. The summed E-state index contributed by atoms with van der Waals surface area (Å²) in [5, 5.41) is 0. The molecule has 0 N–H and O–H groups in total. The average molecular weight is 330 g/mol. The summed E-state index contributed by atoms with van der Waals surface area (Å²) in [5.41, 5.74) is 0. The third kappa shape index (κ3) is 9.13. The van der Waals surface area contributed by atoms with Crippen molar-refractivity contribution in [2.24, 2.45) is 0 Å². The van der Waals surface area contributed by atoms with Gasteiger partial charge in [-0.25, -0.2) is 0 Å². The smallest absolute Gasteiger partial charge is 0.317 e. The summed E-state index contributed by atoms with van der Waals surface area (Å²) in [7, 11) is 0. The van der Waals surface area contributed by atoms with Crippen molar-refractivity contribution in [3.8, 4) is 0 Å². The van der Waals surface area contributed by atoms with Gasteiger partial charge >= 0.3 is 5.97 Å². The van der Waals surface area contributed by atoms with Crippen LogP contribution in [0.3, 0.4) is 0 Å². The maximum atomic E-state index is 10.7. The predicted octanol–water partition coefficient (Wildman–Crippen LogP) is 0.824. The Morgan fingerprint density at radius 3 is 2.36 bits per heavy atom. The van der Waals surface area contributed by atoms with Crippen LogP contribution in [-0.2, 0) is 19.0 Å². The molecule has 0 spiro atoms. The Morgan fingerprint density at radius 1 is 1.36 bits per heavy atom. The molecule has 2 unspecified atom stereocenters. The molecule has 4 nitrogen and oxygen atoms in total. The molecule has 83 valence electrons. The van der Waals surface area contributed by atoms with E-state index in [9.17, 15) is 4.79 Å². The number of thiol groups is 1. The van der Waals surface area contributed by atoms with Crippen LogP contribution in [0.1, 0.15) is 20.8 Å². The van der Waals surface area contributed by atoms with Gasteiger partial charge < -0.3 is 14.2 Å². The normalized spacial score (nSPS) is 14.0. The van der Waals surface area contributed by atoms with Crippen LogP contribution in [0.15, 0.2) is 0 Å². The Labute approximate surface area is 108 Å². The maximum Gasteiger partial charge on any atom is 0.317 e. The Bertz CT molecular complexity index is 156. The summed E-state index contributed by atoms with van der Waals surface area (Å²) in [6, 6.07) is 0. The molecule has 0 aliphatic heterocycles. The van der Waals surface area contributed by atoms with E-state index < -0.39 is 12.3 Å².